The number of hydrogen-bond acceptors (Lipinski definition) is 2. The maximum absolute atomic E-state index is 12.4. The van der Waals surface area contributed by atoms with E-state index in [1.54, 1.807) is 6.21 Å². The molecule has 0 saturated heterocycles. The van der Waals surface area contributed by atoms with Crippen molar-refractivity contribution < 1.29 is 4.79 Å². The molecule has 0 fully saturated rings. The Balaban J connectivity index is 1.81. The van der Waals surface area contributed by atoms with Crippen LogP contribution in [0.15, 0.2) is 59.8 Å². The van der Waals surface area contributed by atoms with Gasteiger partial charge < -0.3 is 9.13 Å². The predicted molar refractivity (Wildman–Crippen MR) is 95.7 cm³/mol. The zero-order chi connectivity index (χ0) is 17.1. The fourth-order valence-electron chi connectivity index (χ4n) is 2.79. The Morgan fingerprint density at radius 1 is 1.12 bits per heavy atom. The largest absolute Gasteiger partial charge is 0.350 e. The van der Waals surface area contributed by atoms with Crippen molar-refractivity contribution in [2.45, 2.75) is 13.8 Å². The second-order valence-corrected chi connectivity index (χ2v) is 5.70. The summed E-state index contributed by atoms with van der Waals surface area (Å²) in [5.74, 6) is -0.212. The molecule has 0 radical (unpaired) electrons. The van der Waals surface area contributed by atoms with Gasteiger partial charge in [0.25, 0.3) is 5.91 Å². The van der Waals surface area contributed by atoms with E-state index in [9.17, 15) is 4.79 Å². The summed E-state index contributed by atoms with van der Waals surface area (Å²) in [6.45, 7) is 3.93. The summed E-state index contributed by atoms with van der Waals surface area (Å²) in [7, 11) is 1.93. The van der Waals surface area contributed by atoms with Crippen molar-refractivity contribution in [1.29, 1.82) is 0 Å². The Labute approximate surface area is 141 Å². The Hall–Kier alpha value is -3.08. The molecule has 5 heteroatoms. The van der Waals surface area contributed by atoms with Crippen LogP contribution < -0.4 is 5.43 Å². The number of nitrogens with zero attached hydrogens (tertiary/aromatic N) is 3. The molecule has 24 heavy (non-hydrogen) atoms. The molecular formula is C19H20N4O. The number of benzene rings is 1. The van der Waals surface area contributed by atoms with E-state index in [1.807, 2.05) is 80.2 Å². The van der Waals surface area contributed by atoms with Crippen LogP contribution in [0.1, 0.15) is 27.4 Å². The fourth-order valence-corrected chi connectivity index (χ4v) is 2.79. The minimum atomic E-state index is -0.212. The number of carbonyl (C=O) groups is 1. The lowest BCUT2D eigenvalue weighted by atomic mass is 10.2. The summed E-state index contributed by atoms with van der Waals surface area (Å²) in [6, 6.07) is 15.7. The van der Waals surface area contributed by atoms with Gasteiger partial charge in [-0.05, 0) is 44.2 Å². The van der Waals surface area contributed by atoms with E-state index in [0.717, 1.165) is 22.8 Å². The minimum absolute atomic E-state index is 0.212. The molecule has 3 rings (SSSR count). The monoisotopic (exact) mass is 320 g/mol. The summed E-state index contributed by atoms with van der Waals surface area (Å²) in [5.41, 5.74) is 7.09. The summed E-state index contributed by atoms with van der Waals surface area (Å²) in [4.78, 5) is 12.4. The van der Waals surface area contributed by atoms with Gasteiger partial charge in [0.2, 0.25) is 0 Å². The van der Waals surface area contributed by atoms with Crippen LogP contribution in [-0.2, 0) is 7.05 Å². The molecule has 0 atom stereocenters. The number of hydrogen-bond donors (Lipinski definition) is 1. The van der Waals surface area contributed by atoms with Crippen LogP contribution in [0.5, 0.6) is 0 Å². The molecule has 0 spiro atoms. The maximum atomic E-state index is 12.4. The van der Waals surface area contributed by atoms with Crippen LogP contribution in [0.3, 0.4) is 0 Å². The average Bonchev–Trinajstić information content (AvgIpc) is 3.11. The number of rotatable bonds is 4. The van der Waals surface area contributed by atoms with Crippen molar-refractivity contribution in [3.05, 3.63) is 77.4 Å². The SMILES string of the molecule is Cc1cc(C(=O)N/N=C/c2cccn2C)c(C)n1-c1ccccc1. The smallest absolute Gasteiger partial charge is 0.273 e. The molecule has 1 aromatic carbocycles. The van der Waals surface area contributed by atoms with E-state index < -0.39 is 0 Å². The zero-order valence-electron chi connectivity index (χ0n) is 14.0. The van der Waals surface area contributed by atoms with Crippen LogP contribution in [0.2, 0.25) is 0 Å². The van der Waals surface area contributed by atoms with Crippen molar-refractivity contribution in [3.63, 3.8) is 0 Å². The summed E-state index contributed by atoms with van der Waals surface area (Å²) < 4.78 is 3.99. The topological polar surface area (TPSA) is 51.3 Å². The lowest BCUT2D eigenvalue weighted by molar-refractivity contribution is 0.0954. The van der Waals surface area contributed by atoms with Gasteiger partial charge in [-0.25, -0.2) is 5.43 Å². The van der Waals surface area contributed by atoms with Crippen molar-refractivity contribution in [3.8, 4) is 5.69 Å². The van der Waals surface area contributed by atoms with Crippen molar-refractivity contribution in [2.75, 3.05) is 0 Å². The van der Waals surface area contributed by atoms with E-state index in [0.29, 0.717) is 5.56 Å². The number of aromatic nitrogens is 2. The van der Waals surface area contributed by atoms with Crippen molar-refractivity contribution >= 4 is 12.1 Å². The molecule has 0 saturated carbocycles. The molecule has 2 aromatic heterocycles. The zero-order valence-corrected chi connectivity index (χ0v) is 14.0. The first-order chi connectivity index (χ1) is 11.6. The molecule has 5 nitrogen and oxygen atoms in total. The van der Waals surface area contributed by atoms with Gasteiger partial charge in [0.15, 0.2) is 0 Å². The van der Waals surface area contributed by atoms with Gasteiger partial charge in [-0.3, -0.25) is 4.79 Å². The Morgan fingerprint density at radius 3 is 2.54 bits per heavy atom. The van der Waals surface area contributed by atoms with Gasteiger partial charge >= 0.3 is 0 Å². The van der Waals surface area contributed by atoms with Crippen molar-refractivity contribution in [2.24, 2.45) is 12.1 Å². The minimum Gasteiger partial charge on any atom is -0.350 e. The molecule has 0 aliphatic rings. The second kappa shape index (κ2) is 6.58. The highest BCUT2D eigenvalue weighted by Crippen LogP contribution is 2.20. The summed E-state index contributed by atoms with van der Waals surface area (Å²) >= 11 is 0. The third-order valence-electron chi connectivity index (χ3n) is 4.04. The van der Waals surface area contributed by atoms with Crippen LogP contribution in [0, 0.1) is 13.8 Å². The predicted octanol–water partition coefficient (Wildman–Crippen LogP) is 3.20. The summed E-state index contributed by atoms with van der Waals surface area (Å²) in [5, 5.41) is 4.05. The Kier molecular flexibility index (Phi) is 4.33. The lowest BCUT2D eigenvalue weighted by Gasteiger charge is -2.09. The lowest BCUT2D eigenvalue weighted by Crippen LogP contribution is -2.18. The number of para-hydroxylation sites is 1. The van der Waals surface area contributed by atoms with E-state index in [2.05, 4.69) is 15.1 Å². The molecule has 1 N–H and O–H groups in total. The number of aryl methyl sites for hydroxylation is 2. The normalized spacial score (nSPS) is 11.1. The summed E-state index contributed by atoms with van der Waals surface area (Å²) in [6.07, 6.45) is 3.56. The molecule has 0 aliphatic heterocycles. The molecule has 0 bridgehead atoms. The van der Waals surface area contributed by atoms with Gasteiger partial charge in [-0.2, -0.15) is 5.10 Å². The van der Waals surface area contributed by atoms with Gasteiger partial charge in [0.05, 0.1) is 17.5 Å². The van der Waals surface area contributed by atoms with Gasteiger partial charge in [-0.1, -0.05) is 18.2 Å². The molecule has 3 aromatic rings. The third kappa shape index (κ3) is 3.01. The first-order valence-electron chi connectivity index (χ1n) is 7.77. The highest BCUT2D eigenvalue weighted by Gasteiger charge is 2.16. The number of carbonyl (C=O) groups excluding carboxylic acids is 1. The molecule has 0 aliphatic carbocycles. The van der Waals surface area contributed by atoms with E-state index in [4.69, 9.17) is 0 Å². The number of amides is 1. The molecule has 1 amide bonds. The maximum Gasteiger partial charge on any atom is 0.273 e. The van der Waals surface area contributed by atoms with Crippen LogP contribution >= 0.6 is 0 Å². The van der Waals surface area contributed by atoms with Crippen molar-refractivity contribution in [1.82, 2.24) is 14.6 Å². The second-order valence-electron chi connectivity index (χ2n) is 5.70. The Bertz CT molecular complexity index is 887. The van der Waals surface area contributed by atoms with Gasteiger partial charge in [0, 0.05) is 30.3 Å². The number of hydrazone groups is 1. The van der Waals surface area contributed by atoms with E-state index in [1.165, 1.54) is 0 Å². The van der Waals surface area contributed by atoms with Crippen LogP contribution in [0.25, 0.3) is 5.69 Å². The first-order valence-corrected chi connectivity index (χ1v) is 7.77. The first kappa shape index (κ1) is 15.8. The molecule has 0 unspecified atom stereocenters. The standard InChI is InChI=1S/C19H20N4O/c1-14-12-18(15(2)23(14)16-8-5-4-6-9-16)19(24)21-20-13-17-10-7-11-22(17)3/h4-13H,1-3H3,(H,21,24)/b20-13+. The highest BCUT2D eigenvalue weighted by molar-refractivity contribution is 5.96. The molecular weight excluding hydrogens is 300 g/mol. The Morgan fingerprint density at radius 2 is 1.88 bits per heavy atom. The molecule has 2 heterocycles. The van der Waals surface area contributed by atoms with Crippen LogP contribution in [0.4, 0.5) is 0 Å². The van der Waals surface area contributed by atoms with Gasteiger partial charge in [-0.15, -0.1) is 0 Å². The van der Waals surface area contributed by atoms with E-state index in [-0.39, 0.29) is 5.91 Å². The molecule has 122 valence electrons. The van der Waals surface area contributed by atoms with Crippen LogP contribution in [-0.4, -0.2) is 21.3 Å². The van der Waals surface area contributed by atoms with Gasteiger partial charge in [0.1, 0.15) is 0 Å². The highest BCUT2D eigenvalue weighted by atomic mass is 16.2. The van der Waals surface area contributed by atoms with E-state index >= 15 is 0 Å². The fraction of sp³-hybridized carbons (Fsp3) is 0.158. The average molecular weight is 320 g/mol. The number of nitrogens with one attached hydrogen (secondary N) is 1. The third-order valence-corrected chi connectivity index (χ3v) is 4.04. The quantitative estimate of drug-likeness (QED) is 0.582.